The first kappa shape index (κ1) is 31.3. The molecule has 2 fully saturated rings. The summed E-state index contributed by atoms with van der Waals surface area (Å²) in [6, 6.07) is 17.7. The number of ether oxygens (including phenoxy) is 1. The Balaban J connectivity index is 1.66. The number of para-hydroxylation sites is 1. The molecule has 3 aromatic rings. The lowest BCUT2D eigenvalue weighted by Crippen LogP contribution is -2.58. The van der Waals surface area contributed by atoms with Crippen LogP contribution in [-0.2, 0) is 24.3 Å². The topological polar surface area (TPSA) is 104 Å². The third-order valence-electron chi connectivity index (χ3n) is 7.79. The van der Waals surface area contributed by atoms with Crippen LogP contribution in [0.1, 0.15) is 55.9 Å². The number of carbonyl (C=O) groups is 2. The first-order valence-corrected chi connectivity index (χ1v) is 16.2. The van der Waals surface area contributed by atoms with Gasteiger partial charge in [-0.05, 0) is 66.8 Å². The van der Waals surface area contributed by atoms with Gasteiger partial charge in [0.15, 0.2) is 0 Å². The molecule has 2 aliphatic rings. The van der Waals surface area contributed by atoms with Gasteiger partial charge in [-0.25, -0.2) is 12.8 Å². The van der Waals surface area contributed by atoms with Gasteiger partial charge in [0.25, 0.3) is 5.91 Å². The van der Waals surface area contributed by atoms with Crippen molar-refractivity contribution in [3.05, 3.63) is 99.8 Å². The van der Waals surface area contributed by atoms with Crippen molar-refractivity contribution in [2.75, 3.05) is 10.8 Å². The predicted molar refractivity (Wildman–Crippen MR) is 162 cm³/mol. The molecule has 4 atom stereocenters. The minimum absolute atomic E-state index is 0.106. The molecule has 12 heteroatoms. The Bertz CT molecular complexity index is 1600. The summed E-state index contributed by atoms with van der Waals surface area (Å²) in [7, 11) is -3.96. The number of nitrogens with zero attached hydrogens (tertiary/aromatic N) is 2. The molecule has 5 rings (SSSR count). The van der Waals surface area contributed by atoms with E-state index in [1.165, 1.54) is 23.1 Å². The third-order valence-corrected chi connectivity index (χ3v) is 10.6. The van der Waals surface area contributed by atoms with E-state index in [-0.39, 0.29) is 18.7 Å². The fourth-order valence-corrected chi connectivity index (χ4v) is 7.76. The maximum atomic E-state index is 15.1. The predicted octanol–water partition coefficient (Wildman–Crippen LogP) is 6.39. The molecule has 1 heterocycles. The average molecular weight is 650 g/mol. The van der Waals surface area contributed by atoms with E-state index in [9.17, 15) is 23.1 Å². The minimum atomic E-state index is -3.96. The Morgan fingerprint density at radius 3 is 2.35 bits per heavy atom. The van der Waals surface area contributed by atoms with Gasteiger partial charge in [-0.2, -0.15) is 0 Å². The highest BCUT2D eigenvalue weighted by Crippen LogP contribution is 2.45. The van der Waals surface area contributed by atoms with Crippen LogP contribution >= 0.6 is 23.2 Å². The maximum absolute atomic E-state index is 15.1. The van der Waals surface area contributed by atoms with Crippen molar-refractivity contribution >= 4 is 50.8 Å². The first-order chi connectivity index (χ1) is 20.5. The molecule has 8 nitrogen and oxygen atoms in total. The van der Waals surface area contributed by atoms with Gasteiger partial charge in [-0.3, -0.25) is 13.9 Å². The molecule has 1 aliphatic heterocycles. The van der Waals surface area contributed by atoms with Crippen molar-refractivity contribution in [1.82, 2.24) is 4.90 Å². The zero-order valence-corrected chi connectivity index (χ0v) is 25.6. The van der Waals surface area contributed by atoms with E-state index in [1.807, 2.05) is 0 Å². The number of aliphatic carboxylic acids is 1. The molecule has 3 aromatic carbocycles. The number of amides is 1. The second-order valence-corrected chi connectivity index (χ2v) is 13.7. The van der Waals surface area contributed by atoms with Gasteiger partial charge in [0.1, 0.15) is 18.0 Å². The summed E-state index contributed by atoms with van der Waals surface area (Å²) < 4.78 is 49.9. The second kappa shape index (κ2) is 12.8. The third kappa shape index (κ3) is 6.67. The van der Waals surface area contributed by atoms with Crippen molar-refractivity contribution in [2.24, 2.45) is 0 Å². The molecule has 0 spiro atoms. The van der Waals surface area contributed by atoms with E-state index in [0.717, 1.165) is 4.31 Å². The summed E-state index contributed by atoms with van der Waals surface area (Å²) in [4.78, 5) is 27.5. The zero-order chi connectivity index (χ0) is 30.9. The van der Waals surface area contributed by atoms with E-state index in [4.69, 9.17) is 27.9 Å². The maximum Gasteiger partial charge on any atom is 0.306 e. The number of morpholine rings is 1. The summed E-state index contributed by atoms with van der Waals surface area (Å²) in [6.45, 7) is 1.56. The van der Waals surface area contributed by atoms with Gasteiger partial charge in [-0.15, -0.1) is 0 Å². The summed E-state index contributed by atoms with van der Waals surface area (Å²) >= 11 is 12.5. The molecule has 43 heavy (non-hydrogen) atoms. The van der Waals surface area contributed by atoms with Gasteiger partial charge in [0, 0.05) is 10.0 Å². The van der Waals surface area contributed by atoms with Gasteiger partial charge < -0.3 is 14.7 Å². The number of halogens is 3. The summed E-state index contributed by atoms with van der Waals surface area (Å²) in [5.74, 6) is -2.54. The molecule has 0 aromatic heterocycles. The lowest BCUT2D eigenvalue weighted by atomic mass is 9.89. The van der Waals surface area contributed by atoms with E-state index < -0.39 is 63.7 Å². The largest absolute Gasteiger partial charge is 0.481 e. The smallest absolute Gasteiger partial charge is 0.306 e. The normalized spacial score (nSPS) is 21.4. The molecule has 1 aliphatic carbocycles. The van der Waals surface area contributed by atoms with Crippen LogP contribution in [0.5, 0.6) is 0 Å². The fraction of sp³-hybridized carbons (Fsp3) is 0.355. The number of benzene rings is 3. The molecular weight excluding hydrogens is 618 g/mol. The second-order valence-electron chi connectivity index (χ2n) is 10.7. The van der Waals surface area contributed by atoms with Crippen LogP contribution in [0, 0.1) is 5.82 Å². The number of carboxylic acid groups (broad SMARTS) is 1. The highest BCUT2D eigenvalue weighted by molar-refractivity contribution is 7.93. The average Bonchev–Trinajstić information content (AvgIpc) is 3.82. The fourth-order valence-electron chi connectivity index (χ4n) is 5.54. The Kier molecular flexibility index (Phi) is 9.31. The van der Waals surface area contributed by atoms with E-state index in [0.29, 0.717) is 34.0 Å². The van der Waals surface area contributed by atoms with Crippen molar-refractivity contribution < 1.29 is 32.2 Å². The number of rotatable bonds is 11. The van der Waals surface area contributed by atoms with Crippen LogP contribution < -0.4 is 4.31 Å². The number of hydrogen-bond acceptors (Lipinski definition) is 5. The monoisotopic (exact) mass is 648 g/mol. The Morgan fingerprint density at radius 2 is 1.74 bits per heavy atom. The number of sulfonamides is 1. The minimum Gasteiger partial charge on any atom is -0.481 e. The van der Waals surface area contributed by atoms with Gasteiger partial charge in [0.2, 0.25) is 10.0 Å². The molecule has 0 unspecified atom stereocenters. The number of carbonyl (C=O) groups excluding carboxylic acids is 1. The zero-order valence-electron chi connectivity index (χ0n) is 23.3. The molecule has 1 saturated carbocycles. The van der Waals surface area contributed by atoms with Gasteiger partial charge in [-0.1, -0.05) is 66.5 Å². The van der Waals surface area contributed by atoms with Crippen LogP contribution in [0.3, 0.4) is 0 Å². The van der Waals surface area contributed by atoms with Crippen LogP contribution in [-0.4, -0.2) is 54.2 Å². The molecule has 0 radical (unpaired) electrons. The van der Waals surface area contributed by atoms with Crippen molar-refractivity contribution in [1.29, 1.82) is 0 Å². The van der Waals surface area contributed by atoms with E-state index in [1.54, 1.807) is 61.5 Å². The number of carboxylic acids is 1. The molecule has 0 bridgehead atoms. The van der Waals surface area contributed by atoms with Crippen molar-refractivity contribution in [3.63, 3.8) is 0 Å². The SMILES string of the molecule is CC[C@@H](CN(c1ccccc1F)S(=O)(=O)C1CC1)N1C(=O)[C@@H](CC(=O)O)O[C@H](c2cccc(Cl)c2)[C@H]1c1ccc(Cl)cc1. The molecule has 228 valence electrons. The Labute approximate surface area is 260 Å². The lowest BCUT2D eigenvalue weighted by Gasteiger charge is -2.48. The van der Waals surface area contributed by atoms with Gasteiger partial charge in [0.05, 0.1) is 36.0 Å². The first-order valence-electron chi connectivity index (χ1n) is 14.0. The summed E-state index contributed by atoms with van der Waals surface area (Å²) in [5.41, 5.74) is 1.13. The molecule has 1 saturated heterocycles. The molecular formula is C31H31Cl2FN2O6S. The van der Waals surface area contributed by atoms with E-state index >= 15 is 4.39 Å². The number of hydrogen-bond donors (Lipinski definition) is 1. The van der Waals surface area contributed by atoms with Crippen LogP contribution in [0.4, 0.5) is 10.1 Å². The van der Waals surface area contributed by atoms with Crippen LogP contribution in [0.25, 0.3) is 0 Å². The van der Waals surface area contributed by atoms with E-state index in [2.05, 4.69) is 0 Å². The Morgan fingerprint density at radius 1 is 1.05 bits per heavy atom. The van der Waals surface area contributed by atoms with Crippen LogP contribution in [0.2, 0.25) is 10.0 Å². The highest BCUT2D eigenvalue weighted by Gasteiger charge is 2.49. The summed E-state index contributed by atoms with van der Waals surface area (Å²) in [6.07, 6.45) is -1.62. The lowest BCUT2D eigenvalue weighted by molar-refractivity contribution is -0.183. The number of anilines is 1. The van der Waals surface area contributed by atoms with Crippen molar-refractivity contribution in [2.45, 2.75) is 62.1 Å². The quantitative estimate of drug-likeness (QED) is 0.258. The standard InChI is InChI=1S/C31H31Cl2FN2O6S/c1-2-23(18-35(43(40,41)24-14-15-24)26-9-4-3-8-25(26)34)36-29(19-10-12-21(32)13-11-19)30(20-6-5-7-22(33)16-20)42-27(31(36)39)17-28(37)38/h3-13,16,23-24,27,29-30H,2,14-15,17-18H2,1H3,(H,37,38)/t23-,27+,29+,30+/m0/s1. The molecule has 1 amide bonds. The highest BCUT2D eigenvalue weighted by atomic mass is 35.5. The van der Waals surface area contributed by atoms with Crippen molar-refractivity contribution in [3.8, 4) is 0 Å². The Hall–Kier alpha value is -3.18. The summed E-state index contributed by atoms with van der Waals surface area (Å²) in [5, 5.41) is 9.91. The molecule has 1 N–H and O–H groups in total. The van der Waals surface area contributed by atoms with Crippen LogP contribution in [0.15, 0.2) is 72.8 Å². The van der Waals surface area contributed by atoms with Gasteiger partial charge >= 0.3 is 5.97 Å².